The Morgan fingerprint density at radius 2 is 1.18 bits per heavy atom. The molecule has 0 unspecified atom stereocenters. The standard InChI is InChI=1S/C2H3Cl3O2.C2H6O2/c3-2(4,5)1(6)7;3-1-2-4/h1,6-7H;3-4H,1-2H2. The number of aliphatic hydroxyl groups excluding tert-OH is 3. The van der Waals surface area contributed by atoms with Crippen LogP contribution >= 0.6 is 34.8 Å². The van der Waals surface area contributed by atoms with Gasteiger partial charge in [0.25, 0.3) is 0 Å². The molecule has 0 aromatic carbocycles. The zero-order valence-electron chi connectivity index (χ0n) is 5.41. The maximum atomic E-state index is 8.05. The van der Waals surface area contributed by atoms with Gasteiger partial charge in [0.2, 0.25) is 3.79 Å². The van der Waals surface area contributed by atoms with Gasteiger partial charge in [-0.3, -0.25) is 0 Å². The molecular weight excluding hydrogens is 218 g/mol. The third kappa shape index (κ3) is 13.7. The van der Waals surface area contributed by atoms with E-state index in [2.05, 4.69) is 0 Å². The molecule has 0 spiro atoms. The Kier molecular flexibility index (Phi) is 9.54. The van der Waals surface area contributed by atoms with Gasteiger partial charge in [-0.05, 0) is 0 Å². The summed E-state index contributed by atoms with van der Waals surface area (Å²) in [7, 11) is 0. The van der Waals surface area contributed by atoms with Gasteiger partial charge in [0.05, 0.1) is 13.2 Å². The predicted molar refractivity (Wildman–Crippen MR) is 42.7 cm³/mol. The minimum absolute atomic E-state index is 0.125. The normalized spacial score (nSPS) is 10.9. The Morgan fingerprint density at radius 3 is 1.18 bits per heavy atom. The van der Waals surface area contributed by atoms with Crippen molar-refractivity contribution in [3.05, 3.63) is 0 Å². The van der Waals surface area contributed by atoms with E-state index in [-0.39, 0.29) is 13.2 Å². The summed E-state index contributed by atoms with van der Waals surface area (Å²) in [4.78, 5) is 0. The Hall–Kier alpha value is 0.710. The average Bonchev–Trinajstić information content (AvgIpc) is 1.87. The maximum Gasteiger partial charge on any atom is 0.240 e. The highest BCUT2D eigenvalue weighted by Crippen LogP contribution is 2.28. The second-order valence-electron chi connectivity index (χ2n) is 1.36. The van der Waals surface area contributed by atoms with E-state index in [1.165, 1.54) is 0 Å². The fourth-order valence-electron chi connectivity index (χ4n) is 0. The molecule has 7 heteroatoms. The molecule has 0 aliphatic carbocycles. The minimum atomic E-state index is -1.97. The lowest BCUT2D eigenvalue weighted by Crippen LogP contribution is -2.23. The third-order valence-electron chi connectivity index (χ3n) is 0.393. The molecule has 0 saturated carbocycles. The van der Waals surface area contributed by atoms with Crippen LogP contribution in [0.3, 0.4) is 0 Å². The molecule has 0 radical (unpaired) electrons. The minimum Gasteiger partial charge on any atom is -0.394 e. The number of hydrogen-bond donors (Lipinski definition) is 4. The molecule has 0 aliphatic rings. The fourth-order valence-corrected chi connectivity index (χ4v) is 0. The summed E-state index contributed by atoms with van der Waals surface area (Å²) in [6, 6.07) is 0. The number of rotatable bonds is 1. The van der Waals surface area contributed by atoms with Crippen molar-refractivity contribution >= 4 is 34.8 Å². The maximum absolute atomic E-state index is 8.05. The Bertz CT molecular complexity index is 79.9. The van der Waals surface area contributed by atoms with Gasteiger partial charge in [-0.25, -0.2) is 0 Å². The van der Waals surface area contributed by atoms with Crippen molar-refractivity contribution in [1.82, 2.24) is 0 Å². The van der Waals surface area contributed by atoms with Crippen LogP contribution in [0.5, 0.6) is 0 Å². The molecule has 0 aromatic rings. The van der Waals surface area contributed by atoms with E-state index in [9.17, 15) is 0 Å². The molecule has 0 aliphatic heterocycles. The molecule has 0 saturated heterocycles. The van der Waals surface area contributed by atoms with E-state index in [0.29, 0.717) is 0 Å². The van der Waals surface area contributed by atoms with E-state index in [4.69, 9.17) is 55.2 Å². The summed E-state index contributed by atoms with van der Waals surface area (Å²) in [5.41, 5.74) is 0. The smallest absolute Gasteiger partial charge is 0.240 e. The first-order valence-corrected chi connectivity index (χ1v) is 3.64. The molecule has 11 heavy (non-hydrogen) atoms. The molecule has 0 heterocycles. The van der Waals surface area contributed by atoms with E-state index < -0.39 is 10.1 Å². The molecule has 4 N–H and O–H groups in total. The Morgan fingerprint density at radius 1 is 1.00 bits per heavy atom. The molecule has 0 bridgehead atoms. The second kappa shape index (κ2) is 7.36. The van der Waals surface area contributed by atoms with Gasteiger partial charge in [-0.15, -0.1) is 0 Å². The van der Waals surface area contributed by atoms with Crippen LogP contribution in [0.15, 0.2) is 0 Å². The van der Waals surface area contributed by atoms with Gasteiger partial charge in [0, 0.05) is 0 Å². The second-order valence-corrected chi connectivity index (χ2v) is 3.73. The lowest BCUT2D eigenvalue weighted by molar-refractivity contribution is -0.0355. The summed E-state index contributed by atoms with van der Waals surface area (Å²) >= 11 is 14.7. The van der Waals surface area contributed by atoms with Crippen LogP contribution in [-0.4, -0.2) is 43.7 Å². The largest absolute Gasteiger partial charge is 0.394 e. The third-order valence-corrected chi connectivity index (χ3v) is 0.978. The average molecular weight is 227 g/mol. The lowest BCUT2D eigenvalue weighted by Gasteiger charge is -2.10. The van der Waals surface area contributed by atoms with Crippen molar-refractivity contribution in [3.8, 4) is 0 Å². The summed E-state index contributed by atoms with van der Waals surface area (Å²) in [5.74, 6) is 0. The van der Waals surface area contributed by atoms with Crippen LogP contribution in [-0.2, 0) is 0 Å². The number of alkyl halides is 3. The number of hydrogen-bond acceptors (Lipinski definition) is 4. The Balaban J connectivity index is 0. The highest BCUT2D eigenvalue weighted by Gasteiger charge is 2.28. The highest BCUT2D eigenvalue weighted by molar-refractivity contribution is 6.67. The van der Waals surface area contributed by atoms with Crippen molar-refractivity contribution in [1.29, 1.82) is 0 Å². The summed E-state index contributed by atoms with van der Waals surface area (Å²) in [6.45, 7) is -0.250. The summed E-state index contributed by atoms with van der Waals surface area (Å²) in [5, 5.41) is 31.3. The van der Waals surface area contributed by atoms with Crippen molar-refractivity contribution < 1.29 is 20.4 Å². The highest BCUT2D eigenvalue weighted by atomic mass is 35.6. The first-order valence-electron chi connectivity index (χ1n) is 2.50. The van der Waals surface area contributed by atoms with Crippen molar-refractivity contribution in [2.75, 3.05) is 13.2 Å². The molecular formula is C4H9Cl3O4. The van der Waals surface area contributed by atoms with Gasteiger partial charge in [0.15, 0.2) is 6.29 Å². The number of aliphatic hydroxyl groups is 4. The molecule has 0 aromatic heterocycles. The van der Waals surface area contributed by atoms with Gasteiger partial charge >= 0.3 is 0 Å². The first kappa shape index (κ1) is 14.2. The molecule has 70 valence electrons. The van der Waals surface area contributed by atoms with Crippen LogP contribution in [0.4, 0.5) is 0 Å². The van der Waals surface area contributed by atoms with Gasteiger partial charge in [0.1, 0.15) is 0 Å². The van der Waals surface area contributed by atoms with Crippen LogP contribution in [0.1, 0.15) is 0 Å². The van der Waals surface area contributed by atoms with Crippen molar-refractivity contribution in [2.24, 2.45) is 0 Å². The molecule has 0 atom stereocenters. The van der Waals surface area contributed by atoms with E-state index in [1.807, 2.05) is 0 Å². The predicted octanol–water partition coefficient (Wildman–Crippen LogP) is -0.362. The van der Waals surface area contributed by atoms with Gasteiger partial charge < -0.3 is 20.4 Å². The van der Waals surface area contributed by atoms with Crippen LogP contribution < -0.4 is 0 Å². The van der Waals surface area contributed by atoms with Crippen molar-refractivity contribution in [2.45, 2.75) is 10.1 Å². The summed E-state index contributed by atoms with van der Waals surface area (Å²) < 4.78 is -1.97. The van der Waals surface area contributed by atoms with Crippen LogP contribution in [0.2, 0.25) is 0 Å². The van der Waals surface area contributed by atoms with Crippen LogP contribution in [0, 0.1) is 0 Å². The fraction of sp³-hybridized carbons (Fsp3) is 1.00. The zero-order valence-corrected chi connectivity index (χ0v) is 7.68. The molecule has 0 fully saturated rings. The monoisotopic (exact) mass is 226 g/mol. The van der Waals surface area contributed by atoms with E-state index in [0.717, 1.165) is 0 Å². The first-order chi connectivity index (χ1) is 4.86. The van der Waals surface area contributed by atoms with E-state index >= 15 is 0 Å². The van der Waals surface area contributed by atoms with E-state index in [1.54, 1.807) is 0 Å². The Labute approximate surface area is 78.9 Å². The molecule has 0 rings (SSSR count). The quantitative estimate of drug-likeness (QED) is 0.364. The SMILES string of the molecule is OC(O)C(Cl)(Cl)Cl.OCCO. The zero-order chi connectivity index (χ0) is 9.49. The van der Waals surface area contributed by atoms with Crippen LogP contribution in [0.25, 0.3) is 0 Å². The summed E-state index contributed by atoms with van der Waals surface area (Å²) in [6.07, 6.45) is -1.91. The van der Waals surface area contributed by atoms with Gasteiger partial charge in [-0.1, -0.05) is 34.8 Å². The lowest BCUT2D eigenvalue weighted by atomic mass is 10.8. The topological polar surface area (TPSA) is 80.9 Å². The molecule has 4 nitrogen and oxygen atoms in total. The molecule has 0 amide bonds. The van der Waals surface area contributed by atoms with Gasteiger partial charge in [-0.2, -0.15) is 0 Å². The van der Waals surface area contributed by atoms with Crippen molar-refractivity contribution in [3.63, 3.8) is 0 Å². The number of halogens is 3.